The van der Waals surface area contributed by atoms with Crippen molar-refractivity contribution in [3.63, 3.8) is 0 Å². The molecule has 12 heavy (non-hydrogen) atoms. The number of rotatable bonds is 0. The van der Waals surface area contributed by atoms with E-state index in [1.165, 1.54) is 10.1 Å². The van der Waals surface area contributed by atoms with Crippen LogP contribution >= 0.6 is 55.8 Å². The Morgan fingerprint density at radius 2 is 2.00 bits per heavy atom. The number of hydrogen-bond acceptors (Lipinski definition) is 2. The Balaban J connectivity index is 2.89. The smallest absolute Gasteiger partial charge is 0.0711 e. The van der Waals surface area contributed by atoms with E-state index in [0.29, 0.717) is 0 Å². The van der Waals surface area contributed by atoms with Gasteiger partial charge in [-0.05, 0) is 49.4 Å². The van der Waals surface area contributed by atoms with Gasteiger partial charge in [0.05, 0.1) is 3.79 Å². The third kappa shape index (κ3) is 1.45. The van der Waals surface area contributed by atoms with Crippen LogP contribution in [0.25, 0.3) is 10.1 Å². The Kier molecular flexibility index (Phi) is 2.51. The number of hydrogen-bond donors (Lipinski definition) is 1. The van der Waals surface area contributed by atoms with Crippen molar-refractivity contribution in [1.82, 2.24) is 0 Å². The summed E-state index contributed by atoms with van der Waals surface area (Å²) >= 11 is 13.0. The molecule has 0 N–H and O–H groups in total. The summed E-state index contributed by atoms with van der Waals surface area (Å²) in [4.78, 5) is 1.02. The van der Waals surface area contributed by atoms with Gasteiger partial charge in [0.15, 0.2) is 0 Å². The lowest BCUT2D eigenvalue weighted by Crippen LogP contribution is -1.68. The SMILES string of the molecule is Sc1c(Br)ccc2cc(Br)sc12. The molecule has 0 radical (unpaired) electrons. The van der Waals surface area contributed by atoms with Gasteiger partial charge in [0, 0.05) is 14.1 Å². The van der Waals surface area contributed by atoms with E-state index in [1.54, 1.807) is 11.3 Å². The van der Waals surface area contributed by atoms with E-state index < -0.39 is 0 Å². The van der Waals surface area contributed by atoms with Crippen LogP contribution in [0.3, 0.4) is 0 Å². The monoisotopic (exact) mass is 322 g/mol. The lowest BCUT2D eigenvalue weighted by molar-refractivity contribution is 1.53. The predicted octanol–water partition coefficient (Wildman–Crippen LogP) is 4.72. The molecule has 4 heteroatoms. The number of fused-ring (bicyclic) bond motifs is 1. The highest BCUT2D eigenvalue weighted by atomic mass is 79.9. The molecular weight excluding hydrogens is 320 g/mol. The fraction of sp³-hybridized carbons (Fsp3) is 0. The zero-order valence-corrected chi connectivity index (χ0v) is 10.7. The minimum Gasteiger partial charge on any atom is -0.141 e. The molecule has 0 saturated carbocycles. The topological polar surface area (TPSA) is 0 Å². The Morgan fingerprint density at radius 3 is 2.75 bits per heavy atom. The highest BCUT2D eigenvalue weighted by molar-refractivity contribution is 9.11. The van der Waals surface area contributed by atoms with Crippen LogP contribution < -0.4 is 0 Å². The molecule has 0 aliphatic heterocycles. The molecule has 0 aliphatic rings. The van der Waals surface area contributed by atoms with Crippen molar-refractivity contribution in [2.45, 2.75) is 4.90 Å². The molecule has 0 saturated heterocycles. The van der Waals surface area contributed by atoms with Crippen molar-refractivity contribution in [2.24, 2.45) is 0 Å². The van der Waals surface area contributed by atoms with Gasteiger partial charge in [-0.25, -0.2) is 0 Å². The van der Waals surface area contributed by atoms with E-state index >= 15 is 0 Å². The maximum Gasteiger partial charge on any atom is 0.0711 e. The first-order chi connectivity index (χ1) is 5.68. The summed E-state index contributed by atoms with van der Waals surface area (Å²) in [5.41, 5.74) is 0. The van der Waals surface area contributed by atoms with Gasteiger partial charge in [0.2, 0.25) is 0 Å². The van der Waals surface area contributed by atoms with Crippen molar-refractivity contribution in [2.75, 3.05) is 0 Å². The van der Waals surface area contributed by atoms with Crippen molar-refractivity contribution in [1.29, 1.82) is 0 Å². The van der Waals surface area contributed by atoms with E-state index in [9.17, 15) is 0 Å². The van der Waals surface area contributed by atoms with Crippen LogP contribution in [0.1, 0.15) is 0 Å². The molecule has 0 aliphatic carbocycles. The summed E-state index contributed by atoms with van der Waals surface area (Å²) in [5.74, 6) is 0. The molecule has 2 aromatic rings. The molecule has 0 fully saturated rings. The first-order valence-electron chi connectivity index (χ1n) is 3.25. The van der Waals surface area contributed by atoms with Gasteiger partial charge < -0.3 is 0 Å². The van der Waals surface area contributed by atoms with Crippen LogP contribution in [-0.2, 0) is 0 Å². The Morgan fingerprint density at radius 1 is 1.25 bits per heavy atom. The average molecular weight is 324 g/mol. The molecule has 2 rings (SSSR count). The van der Waals surface area contributed by atoms with Crippen LogP contribution in [0.5, 0.6) is 0 Å². The second-order valence-corrected chi connectivity index (χ2v) is 6.10. The fourth-order valence-electron chi connectivity index (χ4n) is 1.03. The van der Waals surface area contributed by atoms with Crippen LogP contribution in [0.4, 0.5) is 0 Å². The minimum absolute atomic E-state index is 1.02. The normalized spacial score (nSPS) is 10.9. The lowest BCUT2D eigenvalue weighted by atomic mass is 10.3. The largest absolute Gasteiger partial charge is 0.141 e. The second-order valence-electron chi connectivity index (χ2n) is 2.36. The van der Waals surface area contributed by atoms with E-state index in [4.69, 9.17) is 0 Å². The summed E-state index contributed by atoms with van der Waals surface area (Å²) in [6, 6.07) is 6.20. The molecule has 1 aromatic carbocycles. The minimum atomic E-state index is 1.02. The van der Waals surface area contributed by atoms with Gasteiger partial charge >= 0.3 is 0 Å². The second kappa shape index (κ2) is 3.33. The Labute approximate surface area is 96.6 Å². The Hall–Kier alpha value is 0.490. The van der Waals surface area contributed by atoms with E-state index in [-0.39, 0.29) is 0 Å². The van der Waals surface area contributed by atoms with Gasteiger partial charge in [-0.2, -0.15) is 0 Å². The zero-order valence-electron chi connectivity index (χ0n) is 5.84. The summed E-state index contributed by atoms with van der Waals surface area (Å²) in [5, 5.41) is 1.24. The first-order valence-corrected chi connectivity index (χ1v) is 6.10. The van der Waals surface area contributed by atoms with Gasteiger partial charge in [-0.15, -0.1) is 24.0 Å². The number of halogens is 2. The summed E-state index contributed by atoms with van der Waals surface area (Å²) in [7, 11) is 0. The molecule has 0 nitrogen and oxygen atoms in total. The first kappa shape index (κ1) is 9.06. The van der Waals surface area contributed by atoms with Crippen molar-refractivity contribution >= 4 is 65.9 Å². The van der Waals surface area contributed by atoms with Gasteiger partial charge in [-0.1, -0.05) is 6.07 Å². The van der Waals surface area contributed by atoms with E-state index in [0.717, 1.165) is 13.2 Å². The Bertz CT molecular complexity index is 434. The highest BCUT2D eigenvalue weighted by Crippen LogP contribution is 2.37. The summed E-state index contributed by atoms with van der Waals surface area (Å²) in [6.07, 6.45) is 0. The predicted molar refractivity (Wildman–Crippen MR) is 64.5 cm³/mol. The molecule has 62 valence electrons. The van der Waals surface area contributed by atoms with Gasteiger partial charge in [-0.3, -0.25) is 0 Å². The quantitative estimate of drug-likeness (QED) is 0.667. The van der Waals surface area contributed by atoms with Crippen LogP contribution in [-0.4, -0.2) is 0 Å². The third-order valence-corrected chi connectivity index (χ3v) is 4.84. The van der Waals surface area contributed by atoms with Gasteiger partial charge in [0.1, 0.15) is 0 Å². The average Bonchev–Trinajstić information content (AvgIpc) is 2.39. The maximum absolute atomic E-state index is 4.42. The van der Waals surface area contributed by atoms with Crippen LogP contribution in [0, 0.1) is 0 Å². The van der Waals surface area contributed by atoms with Crippen LogP contribution in [0.15, 0.2) is 31.4 Å². The molecule has 0 bridgehead atoms. The molecule has 1 heterocycles. The molecule has 1 aromatic heterocycles. The van der Waals surface area contributed by atoms with E-state index in [2.05, 4.69) is 56.6 Å². The molecule has 0 amide bonds. The summed E-state index contributed by atoms with van der Waals surface area (Å²) < 4.78 is 3.41. The molecule has 0 spiro atoms. The van der Waals surface area contributed by atoms with Crippen molar-refractivity contribution in [3.05, 3.63) is 26.5 Å². The standard InChI is InChI=1S/C8H4Br2S2/c9-5-2-1-4-3-6(10)12-8(4)7(5)11/h1-3,11H. The van der Waals surface area contributed by atoms with Gasteiger partial charge in [0.25, 0.3) is 0 Å². The van der Waals surface area contributed by atoms with Crippen molar-refractivity contribution in [3.8, 4) is 0 Å². The zero-order chi connectivity index (χ0) is 8.72. The number of benzene rings is 1. The van der Waals surface area contributed by atoms with Crippen LogP contribution in [0.2, 0.25) is 0 Å². The maximum atomic E-state index is 4.42. The molecular formula is C8H4Br2S2. The third-order valence-electron chi connectivity index (χ3n) is 1.58. The fourth-order valence-corrected chi connectivity index (χ4v) is 3.40. The van der Waals surface area contributed by atoms with Crippen molar-refractivity contribution < 1.29 is 0 Å². The number of thiophene rings is 1. The molecule has 0 unspecified atom stereocenters. The molecule has 0 atom stereocenters. The van der Waals surface area contributed by atoms with E-state index in [1.807, 2.05) is 6.07 Å². The number of thiol groups is 1. The lowest BCUT2D eigenvalue weighted by Gasteiger charge is -1.96. The highest BCUT2D eigenvalue weighted by Gasteiger charge is 2.05. The summed E-state index contributed by atoms with van der Waals surface area (Å²) in [6.45, 7) is 0.